The summed E-state index contributed by atoms with van der Waals surface area (Å²) in [7, 11) is -2.58. The molecule has 0 aliphatic rings. The van der Waals surface area contributed by atoms with Crippen molar-refractivity contribution in [2.45, 2.75) is 62.5 Å². The molecule has 27 heavy (non-hydrogen) atoms. The average Bonchev–Trinajstić information content (AvgIpc) is 2.50. The lowest BCUT2D eigenvalue weighted by atomic mass is 10.1. The van der Waals surface area contributed by atoms with E-state index in [4.69, 9.17) is 4.74 Å². The van der Waals surface area contributed by atoms with Crippen LogP contribution in [-0.2, 0) is 20.8 Å². The van der Waals surface area contributed by atoms with Gasteiger partial charge in [0.25, 0.3) is 0 Å². The van der Waals surface area contributed by atoms with Crippen molar-refractivity contribution in [3.63, 3.8) is 0 Å². The molecule has 0 fully saturated rings. The number of ether oxygens (including phenoxy) is 1. The monoisotopic (exact) mass is 409 g/mol. The topological polar surface area (TPSA) is 63.7 Å². The number of nitrogens with zero attached hydrogens (tertiary/aromatic N) is 1. The number of alkyl halides is 3. The molecule has 1 aromatic carbocycles. The quantitative estimate of drug-likeness (QED) is 0.718. The predicted molar refractivity (Wildman–Crippen MR) is 96.2 cm³/mol. The molecule has 0 bridgehead atoms. The summed E-state index contributed by atoms with van der Waals surface area (Å²) >= 11 is 0. The molecule has 0 aliphatic heterocycles. The molecule has 9 heteroatoms. The second kappa shape index (κ2) is 7.69. The van der Waals surface area contributed by atoms with Crippen molar-refractivity contribution >= 4 is 15.9 Å². The standard InChI is InChI=1S/C18H26F3NO4S/c1-16(2,3)26-15(23)22(6)11-10-17(4,5)27(24,25)14-9-7-8-13(12-14)18(19,20)21/h7-9,12H,10-11H2,1-6H3. The third-order valence-electron chi connectivity index (χ3n) is 3.95. The van der Waals surface area contributed by atoms with E-state index in [1.807, 2.05) is 0 Å². The average molecular weight is 409 g/mol. The highest BCUT2D eigenvalue weighted by Crippen LogP contribution is 2.34. The third-order valence-corrected chi connectivity index (χ3v) is 6.49. The summed E-state index contributed by atoms with van der Waals surface area (Å²) < 4.78 is 68.1. The summed E-state index contributed by atoms with van der Waals surface area (Å²) in [5.74, 6) is 0. The molecule has 0 unspecified atom stereocenters. The Balaban J connectivity index is 2.98. The molecule has 0 heterocycles. The first kappa shape index (κ1) is 23.3. The van der Waals surface area contributed by atoms with E-state index in [1.54, 1.807) is 20.8 Å². The van der Waals surface area contributed by atoms with E-state index in [2.05, 4.69) is 0 Å². The van der Waals surface area contributed by atoms with Gasteiger partial charge in [0.2, 0.25) is 0 Å². The lowest BCUT2D eigenvalue weighted by molar-refractivity contribution is -0.137. The molecule has 0 aromatic heterocycles. The van der Waals surface area contributed by atoms with Crippen molar-refractivity contribution in [1.82, 2.24) is 4.90 Å². The normalized spacial score (nSPS) is 13.4. The number of amides is 1. The molecule has 0 saturated carbocycles. The van der Waals surface area contributed by atoms with Crippen molar-refractivity contribution in [1.29, 1.82) is 0 Å². The maximum Gasteiger partial charge on any atom is 0.416 e. The second-order valence-electron chi connectivity index (χ2n) is 7.94. The zero-order valence-corrected chi connectivity index (χ0v) is 17.2. The lowest BCUT2D eigenvalue weighted by Crippen LogP contribution is -2.39. The van der Waals surface area contributed by atoms with Crippen LogP contribution >= 0.6 is 0 Å². The van der Waals surface area contributed by atoms with Crippen molar-refractivity contribution in [3.8, 4) is 0 Å². The number of hydrogen-bond acceptors (Lipinski definition) is 4. The van der Waals surface area contributed by atoms with Crippen LogP contribution in [0.5, 0.6) is 0 Å². The van der Waals surface area contributed by atoms with E-state index in [-0.39, 0.29) is 13.0 Å². The van der Waals surface area contributed by atoms with Crippen LogP contribution in [0.15, 0.2) is 29.2 Å². The molecule has 0 radical (unpaired) electrons. The summed E-state index contributed by atoms with van der Waals surface area (Å²) in [6, 6.07) is 3.67. The van der Waals surface area contributed by atoms with Crippen molar-refractivity contribution in [2.24, 2.45) is 0 Å². The van der Waals surface area contributed by atoms with Gasteiger partial charge in [-0.1, -0.05) is 6.07 Å². The molecule has 154 valence electrons. The van der Waals surface area contributed by atoms with Gasteiger partial charge < -0.3 is 9.64 Å². The fourth-order valence-electron chi connectivity index (χ4n) is 2.16. The number of halogens is 3. The molecule has 1 amide bonds. The molecule has 1 rings (SSSR count). The number of sulfone groups is 1. The molecular formula is C18H26F3NO4S. The van der Waals surface area contributed by atoms with Crippen LogP contribution < -0.4 is 0 Å². The third kappa shape index (κ3) is 6.12. The van der Waals surface area contributed by atoms with E-state index in [0.29, 0.717) is 6.07 Å². The van der Waals surface area contributed by atoms with Gasteiger partial charge in [-0.3, -0.25) is 0 Å². The van der Waals surface area contributed by atoms with Gasteiger partial charge in [-0.15, -0.1) is 0 Å². The first-order valence-corrected chi connectivity index (χ1v) is 9.82. The fraction of sp³-hybridized carbons (Fsp3) is 0.611. The Morgan fingerprint density at radius 1 is 1.11 bits per heavy atom. The molecule has 0 saturated heterocycles. The van der Waals surface area contributed by atoms with Gasteiger partial charge in [0, 0.05) is 13.6 Å². The smallest absolute Gasteiger partial charge is 0.416 e. The van der Waals surface area contributed by atoms with Gasteiger partial charge in [-0.05, 0) is 59.2 Å². The van der Waals surface area contributed by atoms with Crippen LogP contribution in [0.4, 0.5) is 18.0 Å². The van der Waals surface area contributed by atoms with Crippen LogP contribution in [0.25, 0.3) is 0 Å². The lowest BCUT2D eigenvalue weighted by Gasteiger charge is -2.29. The minimum Gasteiger partial charge on any atom is -0.444 e. The van der Waals surface area contributed by atoms with E-state index >= 15 is 0 Å². The first-order valence-electron chi connectivity index (χ1n) is 8.33. The summed E-state index contributed by atoms with van der Waals surface area (Å²) in [5, 5.41) is 0. The molecular weight excluding hydrogens is 383 g/mol. The Morgan fingerprint density at radius 3 is 2.15 bits per heavy atom. The Morgan fingerprint density at radius 2 is 1.67 bits per heavy atom. The Labute approximate surface area is 158 Å². The molecule has 5 nitrogen and oxygen atoms in total. The Bertz CT molecular complexity index is 781. The zero-order chi connectivity index (χ0) is 21.3. The van der Waals surface area contributed by atoms with E-state index in [9.17, 15) is 26.4 Å². The molecule has 0 atom stereocenters. The van der Waals surface area contributed by atoms with Gasteiger partial charge in [-0.2, -0.15) is 13.2 Å². The zero-order valence-electron chi connectivity index (χ0n) is 16.3. The van der Waals surface area contributed by atoms with E-state index < -0.39 is 42.9 Å². The maximum absolute atomic E-state index is 12.9. The predicted octanol–water partition coefficient (Wildman–Crippen LogP) is 4.51. The second-order valence-corrected chi connectivity index (χ2v) is 10.5. The highest BCUT2D eigenvalue weighted by Gasteiger charge is 2.38. The molecule has 0 N–H and O–H groups in total. The minimum absolute atomic E-state index is 0.0291. The number of carbonyl (C=O) groups is 1. The summed E-state index contributed by atoms with van der Waals surface area (Å²) in [4.78, 5) is 12.8. The van der Waals surface area contributed by atoms with Crippen LogP contribution in [0.1, 0.15) is 46.6 Å². The molecule has 0 aliphatic carbocycles. The summed E-state index contributed by atoms with van der Waals surface area (Å²) in [5.41, 5.74) is -1.71. The SMILES string of the molecule is CN(CCC(C)(C)S(=O)(=O)c1cccc(C(F)(F)F)c1)C(=O)OC(C)(C)C. The first-order chi connectivity index (χ1) is 12.0. The number of rotatable bonds is 5. The summed E-state index contributed by atoms with van der Waals surface area (Å²) in [6.07, 6.45) is -5.21. The van der Waals surface area contributed by atoms with Crippen molar-refractivity contribution in [2.75, 3.05) is 13.6 Å². The van der Waals surface area contributed by atoms with Crippen LogP contribution in [0.3, 0.4) is 0 Å². The molecule has 0 spiro atoms. The van der Waals surface area contributed by atoms with E-state index in [0.717, 1.165) is 18.2 Å². The van der Waals surface area contributed by atoms with Crippen molar-refractivity contribution in [3.05, 3.63) is 29.8 Å². The van der Waals surface area contributed by atoms with Crippen LogP contribution in [-0.4, -0.2) is 43.4 Å². The van der Waals surface area contributed by atoms with Crippen molar-refractivity contribution < 1.29 is 31.1 Å². The largest absolute Gasteiger partial charge is 0.444 e. The van der Waals surface area contributed by atoms with Gasteiger partial charge >= 0.3 is 12.3 Å². The number of carbonyl (C=O) groups excluding carboxylic acids is 1. The highest BCUT2D eigenvalue weighted by atomic mass is 32.2. The van der Waals surface area contributed by atoms with Crippen LogP contribution in [0, 0.1) is 0 Å². The van der Waals surface area contributed by atoms with Gasteiger partial charge in [-0.25, -0.2) is 13.2 Å². The fourth-order valence-corrected chi connectivity index (χ4v) is 3.70. The highest BCUT2D eigenvalue weighted by molar-refractivity contribution is 7.92. The Hall–Kier alpha value is -1.77. The molecule has 1 aromatic rings. The summed E-state index contributed by atoms with van der Waals surface area (Å²) in [6.45, 7) is 8.04. The van der Waals surface area contributed by atoms with Gasteiger partial charge in [0.05, 0.1) is 15.2 Å². The van der Waals surface area contributed by atoms with Gasteiger partial charge in [0.1, 0.15) is 5.60 Å². The Kier molecular flexibility index (Phi) is 6.63. The number of hydrogen-bond donors (Lipinski definition) is 0. The van der Waals surface area contributed by atoms with Gasteiger partial charge in [0.15, 0.2) is 9.84 Å². The minimum atomic E-state index is -4.63. The number of benzene rings is 1. The van der Waals surface area contributed by atoms with Crippen LogP contribution in [0.2, 0.25) is 0 Å². The maximum atomic E-state index is 12.9. The van der Waals surface area contributed by atoms with E-state index in [1.165, 1.54) is 25.8 Å².